The summed E-state index contributed by atoms with van der Waals surface area (Å²) in [5.74, 6) is 0.180. The topological polar surface area (TPSA) is 60.8 Å². The van der Waals surface area contributed by atoms with E-state index in [-0.39, 0.29) is 17.5 Å². The van der Waals surface area contributed by atoms with Crippen molar-refractivity contribution in [3.05, 3.63) is 35.4 Å². The quantitative estimate of drug-likeness (QED) is 0.727. The largest absolute Gasteiger partial charge is 0.421 e. The van der Waals surface area contributed by atoms with E-state index < -0.39 is 17.4 Å². The van der Waals surface area contributed by atoms with Gasteiger partial charge in [0.15, 0.2) is 5.60 Å². The number of carbonyl (C=O) groups is 1. The predicted octanol–water partition coefficient (Wildman–Crippen LogP) is 4.39. The zero-order valence-electron chi connectivity index (χ0n) is 17.0. The molecule has 1 atom stereocenters. The molecule has 2 aliphatic carbocycles. The lowest BCUT2D eigenvalue weighted by Crippen LogP contribution is -2.47. The van der Waals surface area contributed by atoms with Gasteiger partial charge < -0.3 is 15.1 Å². The number of amides is 1. The van der Waals surface area contributed by atoms with Crippen LogP contribution in [0.25, 0.3) is 0 Å². The van der Waals surface area contributed by atoms with E-state index in [0.29, 0.717) is 37.8 Å². The number of hydrogen-bond acceptors (Lipinski definition) is 3. The van der Waals surface area contributed by atoms with Crippen LogP contribution < -0.4 is 0 Å². The summed E-state index contributed by atoms with van der Waals surface area (Å²) in [6, 6.07) is 5.06. The van der Waals surface area contributed by atoms with Gasteiger partial charge >= 0.3 is 6.18 Å². The molecule has 29 heavy (non-hydrogen) atoms. The van der Waals surface area contributed by atoms with E-state index in [1.165, 1.54) is 12.1 Å². The molecule has 0 unspecified atom stereocenters. The molecule has 3 rings (SSSR count). The first kappa shape index (κ1) is 22.1. The van der Waals surface area contributed by atoms with Crippen molar-refractivity contribution in [3.8, 4) is 0 Å². The molecular formula is C22H30F3NO3. The number of alkyl halides is 3. The van der Waals surface area contributed by atoms with Gasteiger partial charge in [-0.1, -0.05) is 19.1 Å². The van der Waals surface area contributed by atoms with E-state index in [1.54, 1.807) is 4.90 Å². The van der Waals surface area contributed by atoms with E-state index in [4.69, 9.17) is 0 Å². The van der Waals surface area contributed by atoms with Crippen LogP contribution in [0.4, 0.5) is 13.2 Å². The van der Waals surface area contributed by atoms with Gasteiger partial charge in [-0.25, -0.2) is 0 Å². The highest BCUT2D eigenvalue weighted by molar-refractivity contribution is 5.94. The number of benzene rings is 1. The highest BCUT2D eigenvalue weighted by atomic mass is 19.4. The van der Waals surface area contributed by atoms with Crippen molar-refractivity contribution in [1.29, 1.82) is 0 Å². The van der Waals surface area contributed by atoms with Gasteiger partial charge in [0.25, 0.3) is 5.91 Å². The maximum atomic E-state index is 13.1. The lowest BCUT2D eigenvalue weighted by atomic mass is 9.78. The fraction of sp³-hybridized carbons (Fsp3) is 0.682. The predicted molar refractivity (Wildman–Crippen MR) is 103 cm³/mol. The van der Waals surface area contributed by atoms with Crippen LogP contribution >= 0.6 is 0 Å². The van der Waals surface area contributed by atoms with Gasteiger partial charge in [-0.3, -0.25) is 4.79 Å². The monoisotopic (exact) mass is 413 g/mol. The molecule has 7 heteroatoms. The van der Waals surface area contributed by atoms with Gasteiger partial charge in [0.1, 0.15) is 0 Å². The number of rotatable bonds is 6. The maximum absolute atomic E-state index is 13.1. The van der Waals surface area contributed by atoms with Crippen molar-refractivity contribution in [1.82, 2.24) is 4.90 Å². The Bertz CT molecular complexity index is 718. The molecule has 2 saturated carbocycles. The minimum atomic E-state index is -4.80. The van der Waals surface area contributed by atoms with Crippen LogP contribution in [0.5, 0.6) is 0 Å². The Kier molecular flexibility index (Phi) is 6.03. The van der Waals surface area contributed by atoms with E-state index >= 15 is 0 Å². The normalized spacial score (nSPS) is 27.3. The van der Waals surface area contributed by atoms with Crippen molar-refractivity contribution >= 4 is 5.91 Å². The molecule has 1 amide bonds. The molecule has 0 saturated heterocycles. The van der Waals surface area contributed by atoms with Gasteiger partial charge in [-0.2, -0.15) is 13.2 Å². The summed E-state index contributed by atoms with van der Waals surface area (Å²) in [4.78, 5) is 14.9. The van der Waals surface area contributed by atoms with E-state index in [2.05, 4.69) is 0 Å². The second-order valence-corrected chi connectivity index (χ2v) is 8.75. The van der Waals surface area contributed by atoms with E-state index in [0.717, 1.165) is 44.2 Å². The molecule has 2 fully saturated rings. The van der Waals surface area contributed by atoms with Gasteiger partial charge in [-0.15, -0.1) is 0 Å². The number of nitrogens with zero attached hydrogens (tertiary/aromatic N) is 1. The third-order valence-electron chi connectivity index (χ3n) is 6.57. The molecule has 2 aliphatic rings. The summed E-state index contributed by atoms with van der Waals surface area (Å²) < 4.78 is 39.1. The number of aliphatic hydroxyl groups is 2. The first-order valence-electron chi connectivity index (χ1n) is 10.4. The summed E-state index contributed by atoms with van der Waals surface area (Å²) in [5.41, 5.74) is -3.55. The minimum Gasteiger partial charge on any atom is -0.390 e. The smallest absolute Gasteiger partial charge is 0.390 e. The third kappa shape index (κ3) is 4.45. The summed E-state index contributed by atoms with van der Waals surface area (Å²) >= 11 is 0. The average molecular weight is 413 g/mol. The lowest BCUT2D eigenvalue weighted by Gasteiger charge is -2.41. The zero-order valence-corrected chi connectivity index (χ0v) is 17.0. The van der Waals surface area contributed by atoms with Crippen molar-refractivity contribution in [2.45, 2.75) is 82.2 Å². The SMILES string of the molecule is CCCN(C(=O)c1ccc([C@](C)(O)C(F)(F)F)cc1)C1CCC(O)(C2CC2)CC1. The number of halogens is 3. The highest BCUT2D eigenvalue weighted by Crippen LogP contribution is 2.47. The number of hydrogen-bond donors (Lipinski definition) is 2. The molecule has 0 heterocycles. The second-order valence-electron chi connectivity index (χ2n) is 8.75. The van der Waals surface area contributed by atoms with E-state index in [1.807, 2.05) is 6.92 Å². The standard InChI is InChI=1S/C22H30F3NO3/c1-3-14-26(18-10-12-21(29,13-11-18)17-8-9-17)19(27)15-4-6-16(7-5-15)20(2,28)22(23,24)25/h4-7,17-18,28-29H,3,8-14H2,1-2H3/t18?,20-,21?/m0/s1. The molecule has 0 radical (unpaired) electrons. The lowest BCUT2D eigenvalue weighted by molar-refractivity contribution is -0.258. The maximum Gasteiger partial charge on any atom is 0.421 e. The van der Waals surface area contributed by atoms with Crippen molar-refractivity contribution in [2.24, 2.45) is 5.92 Å². The highest BCUT2D eigenvalue weighted by Gasteiger charge is 2.51. The molecule has 0 bridgehead atoms. The van der Waals surface area contributed by atoms with Crippen molar-refractivity contribution < 1.29 is 28.2 Å². The minimum absolute atomic E-state index is 0.0273. The van der Waals surface area contributed by atoms with Crippen LogP contribution in [-0.2, 0) is 5.60 Å². The van der Waals surface area contributed by atoms with Crippen molar-refractivity contribution in [2.75, 3.05) is 6.54 Å². The Morgan fingerprint density at radius 1 is 1.14 bits per heavy atom. The van der Waals surface area contributed by atoms with E-state index in [9.17, 15) is 28.2 Å². The molecule has 2 N–H and O–H groups in total. The Morgan fingerprint density at radius 2 is 1.69 bits per heavy atom. The fourth-order valence-corrected chi connectivity index (χ4v) is 4.40. The molecule has 0 aliphatic heterocycles. The molecule has 4 nitrogen and oxygen atoms in total. The number of carbonyl (C=O) groups excluding carboxylic acids is 1. The van der Waals surface area contributed by atoms with Crippen molar-refractivity contribution in [3.63, 3.8) is 0 Å². The van der Waals surface area contributed by atoms with Crippen LogP contribution in [0.3, 0.4) is 0 Å². The Hall–Kier alpha value is -1.60. The van der Waals surface area contributed by atoms with Gasteiger partial charge in [0.05, 0.1) is 5.60 Å². The Balaban J connectivity index is 1.72. The fourth-order valence-electron chi connectivity index (χ4n) is 4.40. The van der Waals surface area contributed by atoms with Crippen LogP contribution in [0.2, 0.25) is 0 Å². The molecule has 0 aromatic heterocycles. The molecule has 1 aromatic carbocycles. The Labute approximate surface area is 169 Å². The van der Waals surface area contributed by atoms with Crippen LogP contribution in [0, 0.1) is 5.92 Å². The first-order chi connectivity index (χ1) is 13.5. The van der Waals surface area contributed by atoms with Gasteiger partial charge in [0.2, 0.25) is 0 Å². The van der Waals surface area contributed by atoms with Gasteiger partial charge in [0, 0.05) is 18.2 Å². The second kappa shape index (κ2) is 7.91. The average Bonchev–Trinajstić information content (AvgIpc) is 3.52. The van der Waals surface area contributed by atoms with Gasteiger partial charge in [-0.05, 0) is 75.5 Å². The first-order valence-corrected chi connectivity index (χ1v) is 10.4. The molecule has 1 aromatic rings. The summed E-state index contributed by atoms with van der Waals surface area (Å²) in [5, 5.41) is 20.6. The Morgan fingerprint density at radius 3 is 2.14 bits per heavy atom. The van der Waals surface area contributed by atoms with Crippen LogP contribution in [0.1, 0.15) is 74.7 Å². The molecule has 162 valence electrons. The summed E-state index contributed by atoms with van der Waals surface area (Å²) in [6.45, 7) is 3.25. The third-order valence-corrected chi connectivity index (χ3v) is 6.57. The molecular weight excluding hydrogens is 383 g/mol. The zero-order chi connectivity index (χ0) is 21.4. The summed E-state index contributed by atoms with van der Waals surface area (Å²) in [6.07, 6.45) is 0.967. The van der Waals surface area contributed by atoms with Crippen LogP contribution in [0.15, 0.2) is 24.3 Å². The molecule has 0 spiro atoms. The van der Waals surface area contributed by atoms with Crippen LogP contribution in [-0.4, -0.2) is 45.4 Å². The summed E-state index contributed by atoms with van der Waals surface area (Å²) in [7, 11) is 0.